The third-order valence-corrected chi connectivity index (χ3v) is 4.96. The molecule has 4 heteroatoms. The lowest BCUT2D eigenvalue weighted by atomic mass is 10.0. The minimum Gasteiger partial charge on any atom is -0.398 e. The largest absolute Gasteiger partial charge is 0.398 e. The van der Waals surface area contributed by atoms with E-state index < -0.39 is 0 Å². The summed E-state index contributed by atoms with van der Waals surface area (Å²) < 4.78 is 0. The lowest BCUT2D eigenvalue weighted by Gasteiger charge is -2.15. The average molecular weight is 286 g/mol. The van der Waals surface area contributed by atoms with E-state index in [9.17, 15) is 5.11 Å². The van der Waals surface area contributed by atoms with Gasteiger partial charge in [0.25, 0.3) is 0 Å². The van der Waals surface area contributed by atoms with Crippen molar-refractivity contribution in [1.82, 2.24) is 0 Å². The fourth-order valence-electron chi connectivity index (χ4n) is 2.49. The van der Waals surface area contributed by atoms with Crippen molar-refractivity contribution in [3.63, 3.8) is 0 Å². The molecule has 100 valence electrons. The second kappa shape index (κ2) is 6.69. The molecule has 2 rings (SSSR count). The first-order chi connectivity index (χ1) is 8.65. The van der Waals surface area contributed by atoms with Crippen molar-refractivity contribution in [2.45, 2.75) is 43.1 Å². The Kier molecular flexibility index (Phi) is 5.22. The highest BCUT2D eigenvalue weighted by Gasteiger charge is 2.18. The molecule has 1 aromatic rings. The van der Waals surface area contributed by atoms with Crippen LogP contribution in [-0.2, 0) is 0 Å². The van der Waals surface area contributed by atoms with Gasteiger partial charge >= 0.3 is 0 Å². The number of rotatable bonds is 5. The fraction of sp³-hybridized carbons (Fsp3) is 0.571. The number of thioether (sulfide) groups is 1. The summed E-state index contributed by atoms with van der Waals surface area (Å²) in [6.07, 6.45) is 5.96. The molecule has 0 amide bonds. The summed E-state index contributed by atoms with van der Waals surface area (Å²) in [6.45, 7) is 0. The molecule has 2 nitrogen and oxygen atoms in total. The normalized spacial score (nSPS) is 18.1. The van der Waals surface area contributed by atoms with E-state index in [0.717, 1.165) is 23.0 Å². The molecule has 0 aliphatic heterocycles. The summed E-state index contributed by atoms with van der Waals surface area (Å²) in [7, 11) is 0. The van der Waals surface area contributed by atoms with Crippen LogP contribution in [0.5, 0.6) is 0 Å². The van der Waals surface area contributed by atoms with Gasteiger partial charge in [0.15, 0.2) is 0 Å². The number of nitrogens with two attached hydrogens (primary N) is 1. The number of benzene rings is 1. The molecule has 0 bridgehead atoms. The second-order valence-corrected chi connectivity index (χ2v) is 6.53. The van der Waals surface area contributed by atoms with Crippen molar-refractivity contribution in [3.05, 3.63) is 23.2 Å². The maximum absolute atomic E-state index is 10.0. The van der Waals surface area contributed by atoms with Gasteiger partial charge in [0, 0.05) is 10.6 Å². The fourth-order valence-corrected chi connectivity index (χ4v) is 3.62. The maximum atomic E-state index is 10.0. The molecular weight excluding hydrogens is 266 g/mol. The SMILES string of the molecule is Nc1ccc(SCC(O)CC2CCCC2)cc1Cl. The summed E-state index contributed by atoms with van der Waals surface area (Å²) in [6, 6.07) is 5.63. The highest BCUT2D eigenvalue weighted by atomic mass is 35.5. The quantitative estimate of drug-likeness (QED) is 0.636. The molecule has 18 heavy (non-hydrogen) atoms. The summed E-state index contributed by atoms with van der Waals surface area (Å²) in [5, 5.41) is 10.6. The van der Waals surface area contributed by atoms with Crippen LogP contribution in [0.2, 0.25) is 5.02 Å². The topological polar surface area (TPSA) is 46.2 Å². The average Bonchev–Trinajstić information content (AvgIpc) is 2.83. The molecule has 0 radical (unpaired) electrons. The minimum atomic E-state index is -0.213. The van der Waals surface area contributed by atoms with Crippen LogP contribution in [0.1, 0.15) is 32.1 Å². The third-order valence-electron chi connectivity index (χ3n) is 3.49. The zero-order valence-corrected chi connectivity index (χ0v) is 12.0. The Bertz CT molecular complexity index is 393. The van der Waals surface area contributed by atoms with Crippen LogP contribution in [0.15, 0.2) is 23.1 Å². The Labute approximate surface area is 118 Å². The van der Waals surface area contributed by atoms with Gasteiger partial charge in [-0.25, -0.2) is 0 Å². The van der Waals surface area contributed by atoms with Gasteiger partial charge in [-0.15, -0.1) is 11.8 Å². The van der Waals surface area contributed by atoms with Crippen molar-refractivity contribution < 1.29 is 5.11 Å². The molecule has 0 aromatic heterocycles. The van der Waals surface area contributed by atoms with E-state index in [1.54, 1.807) is 11.8 Å². The number of hydrogen-bond acceptors (Lipinski definition) is 3. The summed E-state index contributed by atoms with van der Waals surface area (Å²) in [5.74, 6) is 1.46. The second-order valence-electron chi connectivity index (χ2n) is 5.03. The van der Waals surface area contributed by atoms with Crippen LogP contribution < -0.4 is 5.73 Å². The zero-order valence-electron chi connectivity index (χ0n) is 10.4. The number of nitrogen functional groups attached to an aromatic ring is 1. The molecule has 1 fully saturated rings. The number of aliphatic hydroxyl groups excluding tert-OH is 1. The Morgan fingerprint density at radius 3 is 2.78 bits per heavy atom. The van der Waals surface area contributed by atoms with Gasteiger partial charge in [0.2, 0.25) is 0 Å². The van der Waals surface area contributed by atoms with Gasteiger partial charge in [-0.05, 0) is 30.5 Å². The van der Waals surface area contributed by atoms with Crippen molar-refractivity contribution in [2.24, 2.45) is 5.92 Å². The molecule has 1 aromatic carbocycles. The molecule has 1 aliphatic carbocycles. The lowest BCUT2D eigenvalue weighted by Crippen LogP contribution is -2.14. The van der Waals surface area contributed by atoms with E-state index >= 15 is 0 Å². The standard InChI is InChI=1S/C14H20ClNOS/c15-13-8-12(5-6-14(13)16)18-9-11(17)7-10-3-1-2-4-10/h5-6,8,10-11,17H,1-4,7,9,16H2. The summed E-state index contributed by atoms with van der Waals surface area (Å²) in [5.41, 5.74) is 6.27. The molecular formula is C14H20ClNOS. The zero-order chi connectivity index (χ0) is 13.0. The van der Waals surface area contributed by atoms with E-state index in [0.29, 0.717) is 10.7 Å². The smallest absolute Gasteiger partial charge is 0.0646 e. The number of anilines is 1. The number of hydrogen-bond donors (Lipinski definition) is 2. The molecule has 1 unspecified atom stereocenters. The van der Waals surface area contributed by atoms with Crippen LogP contribution >= 0.6 is 23.4 Å². The molecule has 1 aliphatic rings. The first-order valence-corrected chi connectivity index (χ1v) is 7.87. The first-order valence-electron chi connectivity index (χ1n) is 6.51. The van der Waals surface area contributed by atoms with E-state index in [2.05, 4.69) is 0 Å². The molecule has 1 atom stereocenters. The van der Waals surface area contributed by atoms with Gasteiger partial charge in [0.05, 0.1) is 16.8 Å². The van der Waals surface area contributed by atoms with Crippen molar-refractivity contribution in [3.8, 4) is 0 Å². The van der Waals surface area contributed by atoms with Crippen LogP contribution in [0.4, 0.5) is 5.69 Å². The van der Waals surface area contributed by atoms with Gasteiger partial charge in [0.1, 0.15) is 0 Å². The Balaban J connectivity index is 1.77. The molecule has 0 spiro atoms. The molecule has 3 N–H and O–H groups in total. The van der Waals surface area contributed by atoms with Crippen LogP contribution in [0.3, 0.4) is 0 Å². The highest BCUT2D eigenvalue weighted by Crippen LogP contribution is 2.31. The third kappa shape index (κ3) is 4.08. The maximum Gasteiger partial charge on any atom is 0.0646 e. The predicted molar refractivity (Wildman–Crippen MR) is 79.2 cm³/mol. The van der Waals surface area contributed by atoms with E-state index in [-0.39, 0.29) is 6.10 Å². The highest BCUT2D eigenvalue weighted by molar-refractivity contribution is 7.99. The Morgan fingerprint density at radius 2 is 2.11 bits per heavy atom. The van der Waals surface area contributed by atoms with Crippen molar-refractivity contribution >= 4 is 29.1 Å². The monoisotopic (exact) mass is 285 g/mol. The first kappa shape index (κ1) is 14.0. The lowest BCUT2D eigenvalue weighted by molar-refractivity contribution is 0.166. The predicted octanol–water partition coefficient (Wildman–Crippen LogP) is 3.96. The van der Waals surface area contributed by atoms with Crippen LogP contribution in [0.25, 0.3) is 0 Å². The van der Waals surface area contributed by atoms with Gasteiger partial charge in [-0.2, -0.15) is 0 Å². The van der Waals surface area contributed by atoms with Crippen molar-refractivity contribution in [2.75, 3.05) is 11.5 Å². The number of aliphatic hydroxyl groups is 1. The Morgan fingerprint density at radius 1 is 1.39 bits per heavy atom. The van der Waals surface area contributed by atoms with Gasteiger partial charge in [-0.3, -0.25) is 0 Å². The van der Waals surface area contributed by atoms with E-state index in [1.807, 2.05) is 18.2 Å². The van der Waals surface area contributed by atoms with Crippen LogP contribution in [-0.4, -0.2) is 17.0 Å². The summed E-state index contributed by atoms with van der Waals surface area (Å²) >= 11 is 7.61. The summed E-state index contributed by atoms with van der Waals surface area (Å²) in [4.78, 5) is 1.07. The Hall–Kier alpha value is -0.380. The van der Waals surface area contributed by atoms with E-state index in [1.165, 1.54) is 25.7 Å². The van der Waals surface area contributed by atoms with E-state index in [4.69, 9.17) is 17.3 Å². The molecule has 0 saturated heterocycles. The molecule has 1 saturated carbocycles. The van der Waals surface area contributed by atoms with Crippen LogP contribution in [0, 0.1) is 5.92 Å². The molecule has 0 heterocycles. The van der Waals surface area contributed by atoms with Crippen molar-refractivity contribution in [1.29, 1.82) is 0 Å². The number of halogens is 1. The van der Waals surface area contributed by atoms with Gasteiger partial charge in [-0.1, -0.05) is 37.3 Å². The minimum absolute atomic E-state index is 0.213. The van der Waals surface area contributed by atoms with Gasteiger partial charge < -0.3 is 10.8 Å².